The van der Waals surface area contributed by atoms with Crippen LogP contribution in [-0.4, -0.2) is 37.4 Å². The number of fused-ring (bicyclic) bond motifs is 1. The van der Waals surface area contributed by atoms with Gasteiger partial charge in [-0.15, -0.1) is 0 Å². The van der Waals surface area contributed by atoms with Gasteiger partial charge in [-0.3, -0.25) is 14.6 Å². The van der Waals surface area contributed by atoms with E-state index in [0.717, 1.165) is 21.4 Å². The van der Waals surface area contributed by atoms with Gasteiger partial charge >= 0.3 is 6.09 Å². The summed E-state index contributed by atoms with van der Waals surface area (Å²) in [4.78, 5) is 18.4. The number of pyridine rings is 1. The number of hydrogen-bond acceptors (Lipinski definition) is 4. The first kappa shape index (κ1) is 17.0. The van der Waals surface area contributed by atoms with Gasteiger partial charge in [-0.25, -0.2) is 4.79 Å². The number of carbonyl (C=O) groups excluding carboxylic acids is 1. The largest absolute Gasteiger partial charge is 0.444 e. The summed E-state index contributed by atoms with van der Waals surface area (Å²) in [5.41, 5.74) is 2.51. The predicted molar refractivity (Wildman–Crippen MR) is 94.4 cm³/mol. The molecular weight excluding hydrogens is 372 g/mol. The van der Waals surface area contributed by atoms with Crippen LogP contribution in [0, 0.1) is 0 Å². The fourth-order valence-corrected chi connectivity index (χ4v) is 3.46. The monoisotopic (exact) mass is 392 g/mol. The summed E-state index contributed by atoms with van der Waals surface area (Å²) in [6, 6.07) is 3.90. The van der Waals surface area contributed by atoms with Crippen LogP contribution < -0.4 is 0 Å². The third-order valence-electron chi connectivity index (χ3n) is 3.90. The van der Waals surface area contributed by atoms with E-state index in [4.69, 9.17) is 4.74 Å². The van der Waals surface area contributed by atoms with Crippen LogP contribution in [0.5, 0.6) is 0 Å². The molecule has 2 aromatic rings. The van der Waals surface area contributed by atoms with Gasteiger partial charge in [0.1, 0.15) is 10.2 Å². The van der Waals surface area contributed by atoms with E-state index < -0.39 is 5.60 Å². The molecule has 0 N–H and O–H groups in total. The molecule has 24 heavy (non-hydrogen) atoms. The first-order valence-electron chi connectivity index (χ1n) is 7.91. The van der Waals surface area contributed by atoms with Crippen molar-refractivity contribution in [2.24, 2.45) is 0 Å². The molecule has 1 amide bonds. The molecule has 0 fully saturated rings. The zero-order valence-corrected chi connectivity index (χ0v) is 15.9. The number of carbonyl (C=O) groups is 1. The smallest absolute Gasteiger partial charge is 0.410 e. The maximum Gasteiger partial charge on any atom is 0.410 e. The van der Waals surface area contributed by atoms with E-state index in [2.05, 4.69) is 26.0 Å². The number of hydrogen-bond donors (Lipinski definition) is 0. The van der Waals surface area contributed by atoms with Crippen LogP contribution in [-0.2, 0) is 17.8 Å². The summed E-state index contributed by atoms with van der Waals surface area (Å²) in [6.45, 7) is 8.74. The molecule has 0 spiro atoms. The Hall–Kier alpha value is -1.89. The maximum absolute atomic E-state index is 12.5. The van der Waals surface area contributed by atoms with Crippen molar-refractivity contribution < 1.29 is 9.53 Å². The van der Waals surface area contributed by atoms with Crippen molar-refractivity contribution in [2.75, 3.05) is 0 Å². The van der Waals surface area contributed by atoms with Gasteiger partial charge in [0, 0.05) is 18.0 Å². The Morgan fingerprint density at radius 3 is 2.62 bits per heavy atom. The highest BCUT2D eigenvalue weighted by atomic mass is 79.9. The Kier molecular flexibility index (Phi) is 4.38. The Morgan fingerprint density at radius 2 is 2.00 bits per heavy atom. The molecule has 3 rings (SSSR count). The first-order valence-corrected chi connectivity index (χ1v) is 8.71. The van der Waals surface area contributed by atoms with E-state index in [1.807, 2.05) is 44.5 Å². The van der Waals surface area contributed by atoms with E-state index in [1.165, 1.54) is 0 Å². The highest BCUT2D eigenvalue weighted by Crippen LogP contribution is 2.34. The molecule has 2 aromatic heterocycles. The van der Waals surface area contributed by atoms with Crippen LogP contribution in [0.25, 0.3) is 11.1 Å². The zero-order chi connectivity index (χ0) is 17.5. The minimum absolute atomic E-state index is 0.0180. The molecule has 128 valence electrons. The molecule has 0 radical (unpaired) electrons. The van der Waals surface area contributed by atoms with Crippen LogP contribution in [0.3, 0.4) is 0 Å². The molecule has 0 aliphatic carbocycles. The van der Waals surface area contributed by atoms with Crippen molar-refractivity contribution in [3.8, 4) is 11.1 Å². The zero-order valence-electron chi connectivity index (χ0n) is 14.3. The van der Waals surface area contributed by atoms with E-state index in [9.17, 15) is 4.79 Å². The van der Waals surface area contributed by atoms with Gasteiger partial charge in [-0.1, -0.05) is 0 Å². The molecule has 1 aliphatic heterocycles. The molecule has 6 nitrogen and oxygen atoms in total. The molecule has 0 saturated carbocycles. The van der Waals surface area contributed by atoms with Crippen molar-refractivity contribution in [3.05, 3.63) is 34.8 Å². The summed E-state index contributed by atoms with van der Waals surface area (Å²) in [6.07, 6.45) is 3.21. The topological polar surface area (TPSA) is 60.2 Å². The summed E-state index contributed by atoms with van der Waals surface area (Å²) >= 11 is 3.55. The Labute approximate surface area is 149 Å². The lowest BCUT2D eigenvalue weighted by Gasteiger charge is -2.35. The number of halogens is 1. The molecule has 0 saturated heterocycles. The first-order chi connectivity index (χ1) is 11.3. The molecule has 3 heterocycles. The average Bonchev–Trinajstić information content (AvgIpc) is 2.80. The number of aromatic nitrogens is 3. The van der Waals surface area contributed by atoms with Crippen LogP contribution in [0.4, 0.5) is 4.79 Å². The molecule has 0 bridgehead atoms. The highest BCUT2D eigenvalue weighted by molar-refractivity contribution is 9.10. The Bertz CT molecular complexity index is 752. The summed E-state index contributed by atoms with van der Waals surface area (Å²) < 4.78 is 8.29. The molecular formula is C17H21BrN4O2. The second-order valence-corrected chi connectivity index (χ2v) is 7.74. The minimum Gasteiger partial charge on any atom is -0.444 e. The van der Waals surface area contributed by atoms with Gasteiger partial charge in [0.15, 0.2) is 0 Å². The second-order valence-electron chi connectivity index (χ2n) is 6.99. The van der Waals surface area contributed by atoms with E-state index in [0.29, 0.717) is 13.1 Å². The van der Waals surface area contributed by atoms with Crippen molar-refractivity contribution in [2.45, 2.75) is 52.4 Å². The van der Waals surface area contributed by atoms with Gasteiger partial charge in [0.2, 0.25) is 0 Å². The number of ether oxygens (including phenoxy) is 1. The SMILES string of the molecule is CC1Cn2nc(Br)c(-c3ccncc3)c2CN1C(=O)OC(C)(C)C. The number of amides is 1. The molecule has 7 heteroatoms. The van der Waals surface area contributed by atoms with Gasteiger partial charge < -0.3 is 4.74 Å². The van der Waals surface area contributed by atoms with E-state index in [-0.39, 0.29) is 12.1 Å². The van der Waals surface area contributed by atoms with E-state index in [1.54, 1.807) is 17.3 Å². The lowest BCUT2D eigenvalue weighted by atomic mass is 10.1. The fourth-order valence-electron chi connectivity index (χ4n) is 2.81. The Balaban J connectivity index is 1.95. The summed E-state index contributed by atoms with van der Waals surface area (Å²) in [7, 11) is 0. The third kappa shape index (κ3) is 3.31. The van der Waals surface area contributed by atoms with Crippen LogP contribution in [0.1, 0.15) is 33.4 Å². The van der Waals surface area contributed by atoms with Crippen LogP contribution >= 0.6 is 15.9 Å². The van der Waals surface area contributed by atoms with Gasteiger partial charge in [-0.05, 0) is 61.3 Å². The molecule has 0 aromatic carbocycles. The van der Waals surface area contributed by atoms with Crippen molar-refractivity contribution in [1.29, 1.82) is 0 Å². The summed E-state index contributed by atoms with van der Waals surface area (Å²) in [5, 5.41) is 4.58. The molecule has 1 atom stereocenters. The normalized spacial score (nSPS) is 17.5. The van der Waals surface area contributed by atoms with Crippen molar-refractivity contribution >= 4 is 22.0 Å². The average molecular weight is 393 g/mol. The summed E-state index contributed by atoms with van der Waals surface area (Å²) in [5.74, 6) is 0. The fraction of sp³-hybridized carbons (Fsp3) is 0.471. The lowest BCUT2D eigenvalue weighted by molar-refractivity contribution is 0.00913. The lowest BCUT2D eigenvalue weighted by Crippen LogP contribution is -2.47. The molecule has 1 aliphatic rings. The van der Waals surface area contributed by atoms with Gasteiger partial charge in [-0.2, -0.15) is 5.10 Å². The third-order valence-corrected chi connectivity index (χ3v) is 4.46. The van der Waals surface area contributed by atoms with Crippen molar-refractivity contribution in [3.63, 3.8) is 0 Å². The molecule has 1 unspecified atom stereocenters. The second kappa shape index (κ2) is 6.20. The quantitative estimate of drug-likeness (QED) is 0.739. The van der Waals surface area contributed by atoms with Gasteiger partial charge in [0.25, 0.3) is 0 Å². The predicted octanol–water partition coefficient (Wildman–Crippen LogP) is 3.85. The maximum atomic E-state index is 12.5. The van der Waals surface area contributed by atoms with Crippen LogP contribution in [0.15, 0.2) is 29.1 Å². The van der Waals surface area contributed by atoms with E-state index >= 15 is 0 Å². The standard InChI is InChI=1S/C17H21BrN4O2/c1-11-9-22-13(10-21(11)16(23)24-17(2,3)4)14(15(18)20-22)12-5-7-19-8-6-12/h5-8,11H,9-10H2,1-4H3. The number of rotatable bonds is 1. The highest BCUT2D eigenvalue weighted by Gasteiger charge is 2.33. The Morgan fingerprint density at radius 1 is 1.33 bits per heavy atom. The number of nitrogens with zero attached hydrogens (tertiary/aromatic N) is 4. The van der Waals surface area contributed by atoms with Crippen molar-refractivity contribution in [1.82, 2.24) is 19.7 Å². The van der Waals surface area contributed by atoms with Gasteiger partial charge in [0.05, 0.1) is 24.8 Å². The van der Waals surface area contributed by atoms with Crippen LogP contribution in [0.2, 0.25) is 0 Å². The minimum atomic E-state index is -0.511.